The highest BCUT2D eigenvalue weighted by Crippen LogP contribution is 2.31. The SMILES string of the molecule is CC(C)C1CCC(N)C(OCCCc2ccccc2)C1. The lowest BCUT2D eigenvalue weighted by molar-refractivity contribution is -0.00795. The van der Waals surface area contributed by atoms with Crippen LogP contribution in [-0.2, 0) is 11.2 Å². The molecule has 1 aromatic rings. The van der Waals surface area contributed by atoms with E-state index in [0.717, 1.165) is 44.1 Å². The van der Waals surface area contributed by atoms with Crippen LogP contribution in [-0.4, -0.2) is 18.8 Å². The topological polar surface area (TPSA) is 35.2 Å². The predicted molar refractivity (Wildman–Crippen MR) is 84.7 cm³/mol. The highest BCUT2D eigenvalue weighted by Gasteiger charge is 2.30. The molecule has 1 aromatic carbocycles. The Bertz CT molecular complexity index is 376. The summed E-state index contributed by atoms with van der Waals surface area (Å²) in [4.78, 5) is 0. The van der Waals surface area contributed by atoms with Crippen molar-refractivity contribution < 1.29 is 4.74 Å². The van der Waals surface area contributed by atoms with Crippen LogP contribution < -0.4 is 5.73 Å². The standard InChI is InChI=1S/C18H29NO/c1-14(2)16-10-11-17(19)18(13-16)20-12-6-9-15-7-4-3-5-8-15/h3-5,7-8,14,16-18H,6,9-13,19H2,1-2H3. The first kappa shape index (κ1) is 15.5. The van der Waals surface area contributed by atoms with E-state index in [1.807, 2.05) is 0 Å². The Labute approximate surface area is 123 Å². The molecule has 0 amide bonds. The maximum absolute atomic E-state index is 6.21. The molecule has 0 radical (unpaired) electrons. The maximum atomic E-state index is 6.21. The van der Waals surface area contributed by atoms with Gasteiger partial charge >= 0.3 is 0 Å². The molecular formula is C18H29NO. The Balaban J connectivity index is 1.70. The molecule has 20 heavy (non-hydrogen) atoms. The van der Waals surface area contributed by atoms with E-state index in [1.54, 1.807) is 0 Å². The first-order valence-electron chi connectivity index (χ1n) is 8.08. The second kappa shape index (κ2) is 7.80. The Morgan fingerprint density at radius 1 is 1.20 bits per heavy atom. The largest absolute Gasteiger partial charge is 0.377 e. The third kappa shape index (κ3) is 4.60. The summed E-state index contributed by atoms with van der Waals surface area (Å²) in [6, 6.07) is 10.9. The summed E-state index contributed by atoms with van der Waals surface area (Å²) in [7, 11) is 0. The molecule has 0 aromatic heterocycles. The van der Waals surface area contributed by atoms with Crippen LogP contribution in [0.4, 0.5) is 0 Å². The van der Waals surface area contributed by atoms with Crippen LogP contribution in [0.25, 0.3) is 0 Å². The first-order chi connectivity index (χ1) is 9.66. The van der Waals surface area contributed by atoms with Gasteiger partial charge in [-0.15, -0.1) is 0 Å². The van der Waals surface area contributed by atoms with Crippen molar-refractivity contribution in [1.82, 2.24) is 0 Å². The van der Waals surface area contributed by atoms with Crippen LogP contribution in [0.15, 0.2) is 30.3 Å². The van der Waals surface area contributed by atoms with E-state index in [2.05, 4.69) is 44.2 Å². The van der Waals surface area contributed by atoms with Gasteiger partial charge in [0.15, 0.2) is 0 Å². The Kier molecular flexibility index (Phi) is 6.06. The normalized spacial score (nSPS) is 26.9. The van der Waals surface area contributed by atoms with Gasteiger partial charge < -0.3 is 10.5 Å². The zero-order chi connectivity index (χ0) is 14.4. The molecule has 3 unspecified atom stereocenters. The van der Waals surface area contributed by atoms with Gasteiger partial charge in [-0.1, -0.05) is 44.2 Å². The van der Waals surface area contributed by atoms with Crippen LogP contribution in [0.1, 0.15) is 45.1 Å². The zero-order valence-electron chi connectivity index (χ0n) is 12.9. The molecule has 0 heterocycles. The lowest BCUT2D eigenvalue weighted by atomic mass is 9.78. The maximum Gasteiger partial charge on any atom is 0.0728 e. The van der Waals surface area contributed by atoms with Crippen molar-refractivity contribution >= 4 is 0 Å². The Hall–Kier alpha value is -0.860. The molecule has 2 rings (SSSR count). The van der Waals surface area contributed by atoms with E-state index in [1.165, 1.54) is 12.0 Å². The molecule has 1 aliphatic rings. The number of nitrogens with two attached hydrogens (primary N) is 1. The van der Waals surface area contributed by atoms with E-state index in [0.29, 0.717) is 0 Å². The highest BCUT2D eigenvalue weighted by atomic mass is 16.5. The number of aryl methyl sites for hydroxylation is 1. The van der Waals surface area contributed by atoms with Crippen LogP contribution in [0.3, 0.4) is 0 Å². The van der Waals surface area contributed by atoms with Gasteiger partial charge in [-0.3, -0.25) is 0 Å². The molecule has 1 fully saturated rings. The summed E-state index contributed by atoms with van der Waals surface area (Å²) in [5.41, 5.74) is 7.60. The van der Waals surface area contributed by atoms with Crippen molar-refractivity contribution in [2.24, 2.45) is 17.6 Å². The quantitative estimate of drug-likeness (QED) is 0.802. The van der Waals surface area contributed by atoms with Gasteiger partial charge in [0.05, 0.1) is 6.10 Å². The summed E-state index contributed by atoms with van der Waals surface area (Å²) in [6.45, 7) is 5.46. The molecule has 2 heteroatoms. The molecule has 112 valence electrons. The van der Waals surface area contributed by atoms with Crippen molar-refractivity contribution in [3.63, 3.8) is 0 Å². The van der Waals surface area contributed by atoms with Crippen LogP contribution in [0, 0.1) is 11.8 Å². The first-order valence-corrected chi connectivity index (χ1v) is 8.08. The summed E-state index contributed by atoms with van der Waals surface area (Å²) in [5.74, 6) is 1.53. The third-order valence-electron chi connectivity index (χ3n) is 4.61. The molecule has 0 saturated heterocycles. The van der Waals surface area contributed by atoms with Gasteiger partial charge in [0.2, 0.25) is 0 Å². The molecule has 1 aliphatic carbocycles. The van der Waals surface area contributed by atoms with Crippen molar-refractivity contribution in [1.29, 1.82) is 0 Å². The second-order valence-corrected chi connectivity index (χ2v) is 6.48. The van der Waals surface area contributed by atoms with Gasteiger partial charge in [0.1, 0.15) is 0 Å². The fourth-order valence-electron chi connectivity index (χ4n) is 3.14. The Morgan fingerprint density at radius 2 is 1.95 bits per heavy atom. The second-order valence-electron chi connectivity index (χ2n) is 6.48. The van der Waals surface area contributed by atoms with Gasteiger partial charge in [-0.05, 0) is 49.5 Å². The molecule has 0 aliphatic heterocycles. The number of ether oxygens (including phenoxy) is 1. The summed E-state index contributed by atoms with van der Waals surface area (Å²) in [6.07, 6.45) is 5.97. The van der Waals surface area contributed by atoms with Crippen molar-refractivity contribution in [3.05, 3.63) is 35.9 Å². The summed E-state index contributed by atoms with van der Waals surface area (Å²) in [5, 5.41) is 0. The third-order valence-corrected chi connectivity index (χ3v) is 4.61. The lowest BCUT2D eigenvalue weighted by Gasteiger charge is -2.35. The monoisotopic (exact) mass is 275 g/mol. The fraction of sp³-hybridized carbons (Fsp3) is 0.667. The van der Waals surface area contributed by atoms with Gasteiger partial charge in [0.25, 0.3) is 0 Å². The number of hydrogen-bond acceptors (Lipinski definition) is 2. The number of benzene rings is 1. The fourth-order valence-corrected chi connectivity index (χ4v) is 3.14. The van der Waals surface area contributed by atoms with Gasteiger partial charge in [0, 0.05) is 12.6 Å². The minimum atomic E-state index is 0.238. The van der Waals surface area contributed by atoms with E-state index < -0.39 is 0 Å². The van der Waals surface area contributed by atoms with Gasteiger partial charge in [-0.25, -0.2) is 0 Å². The Morgan fingerprint density at radius 3 is 2.65 bits per heavy atom. The van der Waals surface area contributed by atoms with Crippen molar-refractivity contribution in [2.75, 3.05) is 6.61 Å². The number of hydrogen-bond donors (Lipinski definition) is 1. The van der Waals surface area contributed by atoms with Crippen molar-refractivity contribution in [2.45, 2.75) is 58.1 Å². The van der Waals surface area contributed by atoms with Crippen molar-refractivity contribution in [3.8, 4) is 0 Å². The summed E-state index contributed by atoms with van der Waals surface area (Å²) < 4.78 is 6.07. The van der Waals surface area contributed by atoms with E-state index in [4.69, 9.17) is 10.5 Å². The average molecular weight is 275 g/mol. The van der Waals surface area contributed by atoms with E-state index >= 15 is 0 Å². The van der Waals surface area contributed by atoms with Crippen LogP contribution in [0.5, 0.6) is 0 Å². The summed E-state index contributed by atoms with van der Waals surface area (Å²) >= 11 is 0. The van der Waals surface area contributed by atoms with Crippen LogP contribution >= 0.6 is 0 Å². The zero-order valence-corrected chi connectivity index (χ0v) is 12.9. The minimum Gasteiger partial charge on any atom is -0.377 e. The van der Waals surface area contributed by atoms with Gasteiger partial charge in [-0.2, -0.15) is 0 Å². The molecular weight excluding hydrogens is 246 g/mol. The average Bonchev–Trinajstić information content (AvgIpc) is 2.46. The van der Waals surface area contributed by atoms with E-state index in [9.17, 15) is 0 Å². The molecule has 1 saturated carbocycles. The highest BCUT2D eigenvalue weighted by molar-refractivity contribution is 5.14. The molecule has 0 bridgehead atoms. The molecule has 2 N–H and O–H groups in total. The lowest BCUT2D eigenvalue weighted by Crippen LogP contribution is -2.43. The molecule has 3 atom stereocenters. The van der Waals surface area contributed by atoms with E-state index in [-0.39, 0.29) is 12.1 Å². The number of rotatable bonds is 6. The molecule has 0 spiro atoms. The predicted octanol–water partition coefficient (Wildman–Crippen LogP) is 3.79. The minimum absolute atomic E-state index is 0.238. The molecule has 2 nitrogen and oxygen atoms in total. The smallest absolute Gasteiger partial charge is 0.0728 e. The van der Waals surface area contributed by atoms with Crippen LogP contribution in [0.2, 0.25) is 0 Å².